The molecule has 2 aromatic rings. The molecule has 3 atom stereocenters. The minimum atomic E-state index is -0.0300. The Morgan fingerprint density at radius 3 is 2.14 bits per heavy atom. The van der Waals surface area contributed by atoms with Gasteiger partial charge in [-0.05, 0) is 49.7 Å². The summed E-state index contributed by atoms with van der Waals surface area (Å²) in [5.41, 5.74) is 3.11. The van der Waals surface area contributed by atoms with Crippen molar-refractivity contribution in [1.82, 2.24) is 0 Å². The van der Waals surface area contributed by atoms with Gasteiger partial charge in [0, 0.05) is 23.2 Å². The third-order valence-corrected chi connectivity index (χ3v) is 9.29. The van der Waals surface area contributed by atoms with Crippen LogP contribution in [0.1, 0.15) is 82.3 Å². The van der Waals surface area contributed by atoms with E-state index in [0.29, 0.717) is 11.2 Å². The van der Waals surface area contributed by atoms with Gasteiger partial charge in [-0.2, -0.15) is 0 Å². The summed E-state index contributed by atoms with van der Waals surface area (Å²) in [5.74, 6) is 0.408. The molecular formula is C27H36OS. The van der Waals surface area contributed by atoms with Crippen molar-refractivity contribution in [2.45, 2.75) is 81.3 Å². The molecule has 0 amide bonds. The van der Waals surface area contributed by atoms with Crippen LogP contribution in [0.4, 0.5) is 0 Å². The fraction of sp³-hybridized carbons (Fsp3) is 0.556. The maximum Gasteiger partial charge on any atom is 0.120 e. The van der Waals surface area contributed by atoms with Gasteiger partial charge >= 0.3 is 0 Å². The highest BCUT2D eigenvalue weighted by molar-refractivity contribution is 8.01. The Kier molecular flexibility index (Phi) is 6.71. The molecule has 29 heavy (non-hydrogen) atoms. The maximum atomic E-state index is 6.77. The predicted octanol–water partition coefficient (Wildman–Crippen LogP) is 7.81. The average Bonchev–Trinajstić information content (AvgIpc) is 3.28. The van der Waals surface area contributed by atoms with Crippen LogP contribution < -0.4 is 0 Å². The molecule has 0 bridgehead atoms. The second-order valence-electron chi connectivity index (χ2n) is 8.91. The van der Waals surface area contributed by atoms with E-state index < -0.39 is 0 Å². The summed E-state index contributed by atoms with van der Waals surface area (Å²) in [7, 11) is 0. The second kappa shape index (κ2) is 9.27. The predicted molar refractivity (Wildman–Crippen MR) is 126 cm³/mol. The monoisotopic (exact) mass is 408 g/mol. The lowest BCUT2D eigenvalue weighted by Gasteiger charge is -2.46. The van der Waals surface area contributed by atoms with Crippen LogP contribution in [0.2, 0.25) is 0 Å². The van der Waals surface area contributed by atoms with Crippen molar-refractivity contribution in [2.75, 3.05) is 6.61 Å². The smallest absolute Gasteiger partial charge is 0.120 e. The van der Waals surface area contributed by atoms with E-state index in [2.05, 4.69) is 86.3 Å². The van der Waals surface area contributed by atoms with Gasteiger partial charge in [0.2, 0.25) is 0 Å². The van der Waals surface area contributed by atoms with E-state index in [0.717, 1.165) is 6.61 Å². The first-order valence-corrected chi connectivity index (χ1v) is 12.5. The van der Waals surface area contributed by atoms with Crippen molar-refractivity contribution < 1.29 is 4.74 Å². The van der Waals surface area contributed by atoms with Crippen LogP contribution in [0.3, 0.4) is 0 Å². The summed E-state index contributed by atoms with van der Waals surface area (Å²) >= 11 is 2.20. The Balaban J connectivity index is 1.76. The SMILES string of the molecule is CCCCC(CC)SC12CCCC1(C(c1ccccc1)c1ccccc1)CCO2. The van der Waals surface area contributed by atoms with Gasteiger partial charge < -0.3 is 4.74 Å². The molecule has 2 aromatic carbocycles. The van der Waals surface area contributed by atoms with Gasteiger partial charge in [0.05, 0.1) is 0 Å². The lowest BCUT2D eigenvalue weighted by molar-refractivity contribution is 0.0300. The topological polar surface area (TPSA) is 9.23 Å². The van der Waals surface area contributed by atoms with Crippen LogP contribution in [-0.4, -0.2) is 16.8 Å². The zero-order valence-corrected chi connectivity index (χ0v) is 18.9. The quantitative estimate of drug-likeness (QED) is 0.418. The normalized spacial score (nSPS) is 27.3. The van der Waals surface area contributed by atoms with Gasteiger partial charge in [-0.15, -0.1) is 11.8 Å². The van der Waals surface area contributed by atoms with Gasteiger partial charge in [-0.25, -0.2) is 0 Å². The third-order valence-electron chi connectivity index (χ3n) is 7.28. The minimum Gasteiger partial charge on any atom is -0.364 e. The first kappa shape index (κ1) is 21.0. The minimum absolute atomic E-state index is 0.0300. The van der Waals surface area contributed by atoms with Crippen LogP contribution in [0.25, 0.3) is 0 Å². The number of unbranched alkanes of at least 4 members (excludes halogenated alkanes) is 1. The Morgan fingerprint density at radius 2 is 1.55 bits per heavy atom. The Morgan fingerprint density at radius 1 is 0.897 bits per heavy atom. The van der Waals surface area contributed by atoms with Gasteiger partial charge in [-0.3, -0.25) is 0 Å². The van der Waals surface area contributed by atoms with E-state index in [1.807, 2.05) is 0 Å². The van der Waals surface area contributed by atoms with Crippen LogP contribution in [0.15, 0.2) is 60.7 Å². The lowest BCUT2D eigenvalue weighted by Crippen LogP contribution is -2.43. The molecule has 0 spiro atoms. The van der Waals surface area contributed by atoms with E-state index in [1.165, 1.54) is 62.5 Å². The van der Waals surface area contributed by atoms with E-state index in [4.69, 9.17) is 4.74 Å². The van der Waals surface area contributed by atoms with Crippen molar-refractivity contribution >= 4 is 11.8 Å². The Bertz CT molecular complexity index is 707. The fourth-order valence-electron chi connectivity index (χ4n) is 5.89. The highest BCUT2D eigenvalue weighted by Gasteiger charge is 2.63. The summed E-state index contributed by atoms with van der Waals surface area (Å²) < 4.78 is 6.77. The first-order chi connectivity index (χ1) is 14.2. The third kappa shape index (κ3) is 3.91. The molecule has 1 heterocycles. The summed E-state index contributed by atoms with van der Waals surface area (Å²) in [4.78, 5) is -0.0300. The number of fused-ring (bicyclic) bond motifs is 1. The number of ether oxygens (including phenoxy) is 1. The van der Waals surface area contributed by atoms with E-state index >= 15 is 0 Å². The molecule has 156 valence electrons. The maximum absolute atomic E-state index is 6.77. The van der Waals surface area contributed by atoms with E-state index in [9.17, 15) is 0 Å². The van der Waals surface area contributed by atoms with Crippen LogP contribution in [0, 0.1) is 5.41 Å². The molecule has 4 rings (SSSR count). The average molecular weight is 409 g/mol. The van der Waals surface area contributed by atoms with Crippen molar-refractivity contribution in [1.29, 1.82) is 0 Å². The van der Waals surface area contributed by atoms with E-state index in [-0.39, 0.29) is 10.3 Å². The van der Waals surface area contributed by atoms with Crippen molar-refractivity contribution in [3.63, 3.8) is 0 Å². The highest BCUT2D eigenvalue weighted by atomic mass is 32.2. The fourth-order valence-corrected chi connectivity index (χ4v) is 7.85. The van der Waals surface area contributed by atoms with Crippen LogP contribution >= 0.6 is 11.8 Å². The molecular weight excluding hydrogens is 372 g/mol. The summed E-state index contributed by atoms with van der Waals surface area (Å²) in [5, 5.41) is 0.706. The van der Waals surface area contributed by atoms with Gasteiger partial charge in [-0.1, -0.05) is 87.4 Å². The number of thioether (sulfide) groups is 1. The summed E-state index contributed by atoms with van der Waals surface area (Å²) in [6.07, 6.45) is 10.1. The molecule has 3 unspecified atom stereocenters. The summed E-state index contributed by atoms with van der Waals surface area (Å²) in [6, 6.07) is 22.5. The molecule has 1 saturated carbocycles. The molecule has 0 N–H and O–H groups in total. The first-order valence-electron chi connectivity index (χ1n) is 11.7. The lowest BCUT2D eigenvalue weighted by atomic mass is 9.65. The molecule has 1 nitrogen and oxygen atoms in total. The molecule has 1 aliphatic heterocycles. The number of hydrogen-bond donors (Lipinski definition) is 0. The van der Waals surface area contributed by atoms with Gasteiger partial charge in [0.15, 0.2) is 0 Å². The number of benzene rings is 2. The zero-order valence-electron chi connectivity index (χ0n) is 18.1. The second-order valence-corrected chi connectivity index (χ2v) is 10.5. The van der Waals surface area contributed by atoms with Gasteiger partial charge in [0.1, 0.15) is 4.93 Å². The van der Waals surface area contributed by atoms with E-state index in [1.54, 1.807) is 0 Å². The largest absolute Gasteiger partial charge is 0.364 e. The molecule has 0 radical (unpaired) electrons. The molecule has 0 aromatic heterocycles. The van der Waals surface area contributed by atoms with Crippen molar-refractivity contribution in [2.24, 2.45) is 5.41 Å². The molecule has 2 aliphatic rings. The van der Waals surface area contributed by atoms with Gasteiger partial charge in [0.25, 0.3) is 0 Å². The Labute approximate surface area is 181 Å². The number of hydrogen-bond acceptors (Lipinski definition) is 2. The molecule has 2 fully saturated rings. The standard InChI is InChI=1S/C27H36OS/c1-3-5-17-24(4-2)29-27-19-12-18-26(27,20-21-28-27)25(22-13-8-6-9-14-22)23-15-10-7-11-16-23/h6-11,13-16,24-25H,3-5,12,17-21H2,1-2H3. The Hall–Kier alpha value is -1.25. The molecule has 1 saturated heterocycles. The zero-order chi connectivity index (χ0) is 20.2. The molecule has 1 aliphatic carbocycles. The van der Waals surface area contributed by atoms with Crippen LogP contribution in [0.5, 0.6) is 0 Å². The summed E-state index contributed by atoms with van der Waals surface area (Å²) in [6.45, 7) is 5.58. The van der Waals surface area contributed by atoms with Crippen molar-refractivity contribution in [3.8, 4) is 0 Å². The van der Waals surface area contributed by atoms with Crippen LogP contribution in [-0.2, 0) is 4.74 Å². The number of rotatable bonds is 9. The molecule has 2 heteroatoms. The highest BCUT2D eigenvalue weighted by Crippen LogP contribution is 2.68. The van der Waals surface area contributed by atoms with Crippen molar-refractivity contribution in [3.05, 3.63) is 71.8 Å².